The Kier molecular flexibility index (Phi) is 3.87. The highest BCUT2D eigenvalue weighted by Crippen LogP contribution is 2.40. The highest BCUT2D eigenvalue weighted by atomic mass is 32.1. The standard InChI is InChI=1S/C15H20N4O3S/c1-9-16-10(8-23-9)11-17-12(19-22-11)15(6-5-7-15)18-13(20)21-14(2,3)4/h8H,5-7H2,1-4H3,(H,18,20). The number of ether oxygens (including phenoxy) is 1. The molecule has 124 valence electrons. The van der Waals surface area contributed by atoms with Crippen LogP contribution in [0.25, 0.3) is 11.6 Å². The molecule has 8 heteroatoms. The Morgan fingerprint density at radius 2 is 2.13 bits per heavy atom. The highest BCUT2D eigenvalue weighted by Gasteiger charge is 2.45. The van der Waals surface area contributed by atoms with Crippen molar-refractivity contribution in [2.45, 2.75) is 58.1 Å². The van der Waals surface area contributed by atoms with Gasteiger partial charge in [-0.15, -0.1) is 11.3 Å². The van der Waals surface area contributed by atoms with Crippen molar-refractivity contribution in [3.63, 3.8) is 0 Å². The molecule has 1 fully saturated rings. The molecule has 0 atom stereocenters. The highest BCUT2D eigenvalue weighted by molar-refractivity contribution is 7.09. The van der Waals surface area contributed by atoms with E-state index < -0.39 is 17.2 Å². The molecule has 0 aromatic carbocycles. The van der Waals surface area contributed by atoms with Crippen LogP contribution in [0, 0.1) is 6.92 Å². The van der Waals surface area contributed by atoms with Crippen LogP contribution in [0.5, 0.6) is 0 Å². The first-order valence-corrected chi connectivity index (χ1v) is 8.43. The van der Waals surface area contributed by atoms with E-state index in [9.17, 15) is 4.79 Å². The maximum Gasteiger partial charge on any atom is 0.408 e. The molecule has 1 aliphatic rings. The quantitative estimate of drug-likeness (QED) is 0.924. The van der Waals surface area contributed by atoms with Gasteiger partial charge in [-0.2, -0.15) is 4.98 Å². The van der Waals surface area contributed by atoms with Crippen LogP contribution < -0.4 is 5.32 Å². The molecule has 1 amide bonds. The van der Waals surface area contributed by atoms with Gasteiger partial charge in [0.25, 0.3) is 5.89 Å². The first-order valence-electron chi connectivity index (χ1n) is 7.55. The molecule has 2 aromatic rings. The molecule has 0 aliphatic heterocycles. The van der Waals surface area contributed by atoms with Gasteiger partial charge >= 0.3 is 6.09 Å². The summed E-state index contributed by atoms with van der Waals surface area (Å²) in [6, 6.07) is 0. The van der Waals surface area contributed by atoms with Crippen molar-refractivity contribution in [3.8, 4) is 11.6 Å². The van der Waals surface area contributed by atoms with E-state index in [2.05, 4.69) is 20.4 Å². The number of amides is 1. The smallest absolute Gasteiger partial charge is 0.408 e. The molecule has 1 aliphatic carbocycles. The number of carbonyl (C=O) groups is 1. The van der Waals surface area contributed by atoms with Gasteiger partial charge in [-0.1, -0.05) is 5.16 Å². The predicted octanol–water partition coefficient (Wildman–Crippen LogP) is 3.41. The molecule has 2 heterocycles. The third kappa shape index (κ3) is 3.36. The molecule has 1 saturated carbocycles. The Balaban J connectivity index is 1.78. The summed E-state index contributed by atoms with van der Waals surface area (Å²) in [6.45, 7) is 7.41. The zero-order chi connectivity index (χ0) is 16.7. The fourth-order valence-corrected chi connectivity index (χ4v) is 3.00. The number of hydrogen-bond acceptors (Lipinski definition) is 7. The van der Waals surface area contributed by atoms with Gasteiger partial charge in [0.2, 0.25) is 0 Å². The SMILES string of the molecule is Cc1nc(-c2nc(C3(NC(=O)OC(C)(C)C)CCC3)no2)cs1. The Morgan fingerprint density at radius 1 is 1.39 bits per heavy atom. The number of aromatic nitrogens is 3. The zero-order valence-corrected chi connectivity index (χ0v) is 14.5. The third-order valence-corrected chi connectivity index (χ3v) is 4.41. The number of rotatable bonds is 3. The number of alkyl carbamates (subject to hydrolysis) is 1. The van der Waals surface area contributed by atoms with E-state index in [-0.39, 0.29) is 0 Å². The summed E-state index contributed by atoms with van der Waals surface area (Å²) in [7, 11) is 0. The minimum atomic E-state index is -0.602. The van der Waals surface area contributed by atoms with Crippen LogP contribution in [0.3, 0.4) is 0 Å². The number of thiazole rings is 1. The van der Waals surface area contributed by atoms with Gasteiger partial charge in [0.1, 0.15) is 16.8 Å². The van der Waals surface area contributed by atoms with Gasteiger partial charge in [0.05, 0.1) is 5.01 Å². The fraction of sp³-hybridized carbons (Fsp3) is 0.600. The average Bonchev–Trinajstić information content (AvgIpc) is 3.00. The third-order valence-electron chi connectivity index (χ3n) is 3.64. The van der Waals surface area contributed by atoms with Gasteiger partial charge < -0.3 is 14.6 Å². The van der Waals surface area contributed by atoms with Gasteiger partial charge in [0, 0.05) is 5.38 Å². The zero-order valence-electron chi connectivity index (χ0n) is 13.7. The van der Waals surface area contributed by atoms with E-state index in [1.165, 1.54) is 11.3 Å². The van der Waals surface area contributed by atoms with Crippen LogP contribution in [-0.4, -0.2) is 26.8 Å². The summed E-state index contributed by atoms with van der Waals surface area (Å²) in [5.41, 5.74) is -0.483. The lowest BCUT2D eigenvalue weighted by molar-refractivity contribution is 0.0362. The maximum absolute atomic E-state index is 12.1. The molecule has 0 radical (unpaired) electrons. The summed E-state index contributed by atoms with van der Waals surface area (Å²) < 4.78 is 10.7. The molecule has 2 aromatic heterocycles. The van der Waals surface area contributed by atoms with E-state index in [1.807, 2.05) is 33.1 Å². The Morgan fingerprint density at radius 3 is 2.65 bits per heavy atom. The lowest BCUT2D eigenvalue weighted by Gasteiger charge is -2.39. The van der Waals surface area contributed by atoms with E-state index in [0.29, 0.717) is 17.4 Å². The molecule has 23 heavy (non-hydrogen) atoms. The Bertz CT molecular complexity index is 712. The lowest BCUT2D eigenvalue weighted by Crippen LogP contribution is -2.52. The van der Waals surface area contributed by atoms with Crippen LogP contribution in [-0.2, 0) is 10.3 Å². The number of aryl methyl sites for hydroxylation is 1. The maximum atomic E-state index is 12.1. The summed E-state index contributed by atoms with van der Waals surface area (Å²) in [6.07, 6.45) is 2.06. The molecule has 0 bridgehead atoms. The Labute approximate surface area is 138 Å². The lowest BCUT2D eigenvalue weighted by atomic mass is 9.76. The number of nitrogens with zero attached hydrogens (tertiary/aromatic N) is 3. The molecule has 0 saturated heterocycles. The van der Waals surface area contributed by atoms with E-state index in [1.54, 1.807) is 0 Å². The van der Waals surface area contributed by atoms with Crippen LogP contribution in [0.15, 0.2) is 9.90 Å². The number of hydrogen-bond donors (Lipinski definition) is 1. The first-order chi connectivity index (χ1) is 10.8. The van der Waals surface area contributed by atoms with Crippen molar-refractivity contribution in [2.24, 2.45) is 0 Å². The minimum Gasteiger partial charge on any atom is -0.444 e. The number of carbonyl (C=O) groups excluding carboxylic acids is 1. The summed E-state index contributed by atoms with van der Waals surface area (Å²) in [5, 5.41) is 9.77. The van der Waals surface area contributed by atoms with Crippen molar-refractivity contribution in [1.29, 1.82) is 0 Å². The van der Waals surface area contributed by atoms with E-state index >= 15 is 0 Å². The second-order valence-corrected chi connectivity index (χ2v) is 7.80. The molecular formula is C15H20N4O3S. The van der Waals surface area contributed by atoms with Gasteiger partial charge in [0.15, 0.2) is 5.82 Å². The summed E-state index contributed by atoms with van der Waals surface area (Å²) in [4.78, 5) is 20.9. The second-order valence-electron chi connectivity index (χ2n) is 6.74. The minimum absolute atomic E-state index is 0.376. The summed E-state index contributed by atoms with van der Waals surface area (Å²) >= 11 is 1.52. The average molecular weight is 336 g/mol. The van der Waals surface area contributed by atoms with Crippen molar-refractivity contribution >= 4 is 17.4 Å². The molecule has 3 rings (SSSR count). The molecule has 0 spiro atoms. The topological polar surface area (TPSA) is 90.1 Å². The monoisotopic (exact) mass is 336 g/mol. The molecule has 7 nitrogen and oxygen atoms in total. The van der Waals surface area contributed by atoms with Crippen LogP contribution in [0.1, 0.15) is 50.9 Å². The van der Waals surface area contributed by atoms with Crippen molar-refractivity contribution in [3.05, 3.63) is 16.2 Å². The largest absolute Gasteiger partial charge is 0.444 e. The molecule has 1 N–H and O–H groups in total. The van der Waals surface area contributed by atoms with Crippen LogP contribution in [0.2, 0.25) is 0 Å². The van der Waals surface area contributed by atoms with Crippen molar-refractivity contribution < 1.29 is 14.1 Å². The van der Waals surface area contributed by atoms with Gasteiger partial charge in [-0.25, -0.2) is 9.78 Å². The fourth-order valence-electron chi connectivity index (χ4n) is 2.42. The van der Waals surface area contributed by atoms with E-state index in [4.69, 9.17) is 9.26 Å². The summed E-state index contributed by atoms with van der Waals surface area (Å²) in [5.74, 6) is 0.858. The first kappa shape index (κ1) is 15.9. The normalized spacial score (nSPS) is 16.7. The molecule has 0 unspecified atom stereocenters. The second kappa shape index (κ2) is 5.59. The van der Waals surface area contributed by atoms with Crippen LogP contribution >= 0.6 is 11.3 Å². The van der Waals surface area contributed by atoms with Gasteiger partial charge in [-0.05, 0) is 47.0 Å². The van der Waals surface area contributed by atoms with Gasteiger partial charge in [-0.3, -0.25) is 0 Å². The van der Waals surface area contributed by atoms with Crippen molar-refractivity contribution in [2.75, 3.05) is 0 Å². The van der Waals surface area contributed by atoms with Crippen LogP contribution in [0.4, 0.5) is 4.79 Å². The predicted molar refractivity (Wildman–Crippen MR) is 85.0 cm³/mol. The molecular weight excluding hydrogens is 316 g/mol. The Hall–Kier alpha value is -1.96. The van der Waals surface area contributed by atoms with Crippen molar-refractivity contribution in [1.82, 2.24) is 20.4 Å². The van der Waals surface area contributed by atoms with E-state index in [0.717, 1.165) is 24.3 Å². The number of nitrogens with one attached hydrogen (secondary N) is 1.